The SMILES string of the molecule is CCc1ccc(N)cc1S(=O)(=O)NCC1CCOCC1. The number of anilines is 1. The first-order valence-corrected chi connectivity index (χ1v) is 8.47. The molecule has 0 bridgehead atoms. The number of benzene rings is 1. The number of nitrogens with one attached hydrogen (secondary N) is 1. The lowest BCUT2D eigenvalue weighted by atomic mass is 10.0. The van der Waals surface area contributed by atoms with E-state index in [9.17, 15) is 8.42 Å². The minimum atomic E-state index is -3.50. The van der Waals surface area contributed by atoms with Crippen LogP contribution in [0.4, 0.5) is 5.69 Å². The van der Waals surface area contributed by atoms with Crippen LogP contribution in [0.2, 0.25) is 0 Å². The Labute approximate surface area is 120 Å². The van der Waals surface area contributed by atoms with E-state index in [0.717, 1.165) is 18.4 Å². The van der Waals surface area contributed by atoms with Crippen molar-refractivity contribution in [2.75, 3.05) is 25.5 Å². The Morgan fingerprint density at radius 2 is 2.05 bits per heavy atom. The predicted molar refractivity (Wildman–Crippen MR) is 79.0 cm³/mol. The number of ether oxygens (including phenoxy) is 1. The summed E-state index contributed by atoms with van der Waals surface area (Å²) < 4.78 is 32.8. The van der Waals surface area contributed by atoms with Crippen molar-refractivity contribution >= 4 is 15.7 Å². The molecule has 112 valence electrons. The summed E-state index contributed by atoms with van der Waals surface area (Å²) in [7, 11) is -3.50. The Hall–Kier alpha value is -1.11. The molecule has 0 atom stereocenters. The van der Waals surface area contributed by atoms with Crippen LogP contribution in [-0.4, -0.2) is 28.2 Å². The second kappa shape index (κ2) is 6.56. The number of hydrogen-bond acceptors (Lipinski definition) is 4. The lowest BCUT2D eigenvalue weighted by Crippen LogP contribution is -2.32. The van der Waals surface area contributed by atoms with Gasteiger partial charge < -0.3 is 10.5 Å². The summed E-state index contributed by atoms with van der Waals surface area (Å²) in [5.41, 5.74) is 6.97. The van der Waals surface area contributed by atoms with Crippen molar-refractivity contribution in [1.82, 2.24) is 4.72 Å². The normalized spacial score (nSPS) is 17.2. The molecule has 0 spiro atoms. The summed E-state index contributed by atoms with van der Waals surface area (Å²) in [6, 6.07) is 5.04. The van der Waals surface area contributed by atoms with Gasteiger partial charge in [-0.1, -0.05) is 13.0 Å². The molecule has 20 heavy (non-hydrogen) atoms. The van der Waals surface area contributed by atoms with Crippen molar-refractivity contribution < 1.29 is 13.2 Å². The van der Waals surface area contributed by atoms with Crippen LogP contribution in [0.3, 0.4) is 0 Å². The molecular formula is C14H22N2O3S. The molecule has 3 N–H and O–H groups in total. The van der Waals surface area contributed by atoms with E-state index >= 15 is 0 Å². The second-order valence-corrected chi connectivity index (χ2v) is 6.86. The summed E-state index contributed by atoms with van der Waals surface area (Å²) >= 11 is 0. The van der Waals surface area contributed by atoms with E-state index in [0.29, 0.717) is 42.7 Å². The molecule has 0 unspecified atom stereocenters. The lowest BCUT2D eigenvalue weighted by Gasteiger charge is -2.22. The van der Waals surface area contributed by atoms with E-state index in [1.165, 1.54) is 6.07 Å². The summed E-state index contributed by atoms with van der Waals surface area (Å²) in [5.74, 6) is 0.352. The summed E-state index contributed by atoms with van der Waals surface area (Å²) in [6.45, 7) is 3.82. The van der Waals surface area contributed by atoms with Gasteiger partial charge in [-0.3, -0.25) is 0 Å². The van der Waals surface area contributed by atoms with Crippen LogP contribution in [0.25, 0.3) is 0 Å². The molecule has 1 fully saturated rings. The van der Waals surface area contributed by atoms with Gasteiger partial charge in [0.05, 0.1) is 4.90 Å². The molecule has 0 aliphatic carbocycles. The standard InChI is InChI=1S/C14H22N2O3S/c1-2-12-3-4-13(15)9-14(12)20(17,18)16-10-11-5-7-19-8-6-11/h3-4,9,11,16H,2,5-8,10,15H2,1H3. The smallest absolute Gasteiger partial charge is 0.240 e. The maximum atomic E-state index is 12.4. The molecule has 0 radical (unpaired) electrons. The van der Waals surface area contributed by atoms with E-state index in [2.05, 4.69) is 4.72 Å². The number of aryl methyl sites for hydroxylation is 1. The molecule has 6 heteroatoms. The van der Waals surface area contributed by atoms with Gasteiger partial charge in [-0.15, -0.1) is 0 Å². The molecule has 1 saturated heterocycles. The zero-order chi connectivity index (χ0) is 14.6. The van der Waals surface area contributed by atoms with Crippen molar-refractivity contribution in [2.24, 2.45) is 5.92 Å². The third-order valence-electron chi connectivity index (χ3n) is 3.66. The molecule has 1 aliphatic heterocycles. The van der Waals surface area contributed by atoms with Crippen LogP contribution in [0.1, 0.15) is 25.3 Å². The first kappa shape index (κ1) is 15.3. The van der Waals surface area contributed by atoms with E-state index in [1.807, 2.05) is 6.92 Å². The summed E-state index contributed by atoms with van der Waals surface area (Å²) in [5, 5.41) is 0. The number of nitrogens with two attached hydrogens (primary N) is 1. The van der Waals surface area contributed by atoms with Gasteiger partial charge in [0.2, 0.25) is 10.0 Å². The molecule has 0 aromatic heterocycles. The third kappa shape index (κ3) is 3.71. The van der Waals surface area contributed by atoms with Crippen molar-refractivity contribution in [3.8, 4) is 0 Å². The highest BCUT2D eigenvalue weighted by Crippen LogP contribution is 2.21. The molecule has 1 heterocycles. The quantitative estimate of drug-likeness (QED) is 0.808. The maximum absolute atomic E-state index is 12.4. The zero-order valence-electron chi connectivity index (χ0n) is 11.8. The Morgan fingerprint density at radius 1 is 1.35 bits per heavy atom. The Morgan fingerprint density at radius 3 is 2.70 bits per heavy atom. The molecule has 1 aromatic rings. The number of rotatable bonds is 5. The first-order valence-electron chi connectivity index (χ1n) is 6.98. The van der Waals surface area contributed by atoms with Gasteiger partial charge >= 0.3 is 0 Å². The van der Waals surface area contributed by atoms with Crippen molar-refractivity contribution in [1.29, 1.82) is 0 Å². The molecule has 0 saturated carbocycles. The molecule has 0 amide bonds. The fourth-order valence-electron chi connectivity index (χ4n) is 2.37. The fourth-order valence-corrected chi connectivity index (χ4v) is 3.83. The number of hydrogen-bond donors (Lipinski definition) is 2. The van der Waals surface area contributed by atoms with Crippen molar-refractivity contribution in [3.63, 3.8) is 0 Å². The second-order valence-electron chi connectivity index (χ2n) is 5.13. The van der Waals surface area contributed by atoms with Crippen LogP contribution in [0.5, 0.6) is 0 Å². The largest absolute Gasteiger partial charge is 0.399 e. The highest BCUT2D eigenvalue weighted by atomic mass is 32.2. The van der Waals surface area contributed by atoms with Gasteiger partial charge in [0, 0.05) is 25.4 Å². The predicted octanol–water partition coefficient (Wildman–Crippen LogP) is 1.54. The Balaban J connectivity index is 2.11. The monoisotopic (exact) mass is 298 g/mol. The highest BCUT2D eigenvalue weighted by Gasteiger charge is 2.21. The zero-order valence-corrected chi connectivity index (χ0v) is 12.6. The van der Waals surface area contributed by atoms with Gasteiger partial charge in [0.1, 0.15) is 0 Å². The maximum Gasteiger partial charge on any atom is 0.240 e. The van der Waals surface area contributed by atoms with Crippen LogP contribution in [-0.2, 0) is 21.2 Å². The minimum absolute atomic E-state index is 0.298. The summed E-state index contributed by atoms with van der Waals surface area (Å²) in [4.78, 5) is 0.298. The molecule has 1 aromatic carbocycles. The minimum Gasteiger partial charge on any atom is -0.399 e. The average molecular weight is 298 g/mol. The molecule has 2 rings (SSSR count). The van der Waals surface area contributed by atoms with Crippen molar-refractivity contribution in [3.05, 3.63) is 23.8 Å². The Bertz CT molecular complexity index is 552. The first-order chi connectivity index (χ1) is 9.53. The summed E-state index contributed by atoms with van der Waals surface area (Å²) in [6.07, 6.45) is 2.47. The van der Waals surface area contributed by atoms with Crippen LogP contribution < -0.4 is 10.5 Å². The molecule has 5 nitrogen and oxygen atoms in total. The van der Waals surface area contributed by atoms with Gasteiger partial charge in [0.15, 0.2) is 0 Å². The van der Waals surface area contributed by atoms with Gasteiger partial charge in [-0.25, -0.2) is 13.1 Å². The average Bonchev–Trinajstić information content (AvgIpc) is 2.46. The van der Waals surface area contributed by atoms with E-state index in [-0.39, 0.29) is 0 Å². The fraction of sp³-hybridized carbons (Fsp3) is 0.571. The van der Waals surface area contributed by atoms with Gasteiger partial charge in [0.25, 0.3) is 0 Å². The van der Waals surface area contributed by atoms with Crippen molar-refractivity contribution in [2.45, 2.75) is 31.1 Å². The van der Waals surface area contributed by atoms with E-state index in [1.54, 1.807) is 12.1 Å². The molecule has 1 aliphatic rings. The third-order valence-corrected chi connectivity index (χ3v) is 5.17. The van der Waals surface area contributed by atoms with E-state index < -0.39 is 10.0 Å². The van der Waals surface area contributed by atoms with Crippen LogP contribution >= 0.6 is 0 Å². The van der Waals surface area contributed by atoms with Crippen LogP contribution in [0.15, 0.2) is 23.1 Å². The van der Waals surface area contributed by atoms with Gasteiger partial charge in [-0.05, 0) is 42.9 Å². The molecular weight excluding hydrogens is 276 g/mol. The van der Waals surface area contributed by atoms with Crippen LogP contribution in [0, 0.1) is 5.92 Å². The Kier molecular flexibility index (Phi) is 5.01. The number of sulfonamides is 1. The van der Waals surface area contributed by atoms with Gasteiger partial charge in [-0.2, -0.15) is 0 Å². The lowest BCUT2D eigenvalue weighted by molar-refractivity contribution is 0.0678. The van der Waals surface area contributed by atoms with E-state index in [4.69, 9.17) is 10.5 Å². The topological polar surface area (TPSA) is 81.4 Å². The number of nitrogen functional groups attached to an aromatic ring is 1. The highest BCUT2D eigenvalue weighted by molar-refractivity contribution is 7.89.